The summed E-state index contributed by atoms with van der Waals surface area (Å²) in [5.74, 6) is -0.280. The molecule has 106 valence electrons. The zero-order valence-electron chi connectivity index (χ0n) is 11.9. The Morgan fingerprint density at radius 1 is 1.05 bits per heavy atom. The number of halogens is 2. The summed E-state index contributed by atoms with van der Waals surface area (Å²) in [5.41, 5.74) is 5.31. The zero-order chi connectivity index (χ0) is 14.9. The van der Waals surface area contributed by atoms with E-state index in [0.29, 0.717) is 10.9 Å². The first-order valence-electron chi connectivity index (χ1n) is 6.58. The van der Waals surface area contributed by atoms with Crippen LogP contribution in [0, 0.1) is 26.6 Å². The van der Waals surface area contributed by atoms with Gasteiger partial charge in [-0.2, -0.15) is 0 Å². The molecular weight excluding hydrogens is 319 g/mol. The summed E-state index contributed by atoms with van der Waals surface area (Å²) in [6, 6.07) is 8.68. The quantitative estimate of drug-likeness (QED) is 0.854. The predicted molar refractivity (Wildman–Crippen MR) is 83.4 cm³/mol. The van der Waals surface area contributed by atoms with Gasteiger partial charge in [-0.05, 0) is 60.7 Å². The van der Waals surface area contributed by atoms with Crippen molar-refractivity contribution < 1.29 is 9.50 Å². The Balaban J connectivity index is 2.28. The summed E-state index contributed by atoms with van der Waals surface area (Å²) < 4.78 is 13.8. The summed E-state index contributed by atoms with van der Waals surface area (Å²) in [6.07, 6.45) is -0.124. The van der Waals surface area contributed by atoms with Gasteiger partial charge in [0.15, 0.2) is 0 Å². The van der Waals surface area contributed by atoms with Gasteiger partial charge in [-0.1, -0.05) is 34.1 Å². The van der Waals surface area contributed by atoms with Crippen molar-refractivity contribution in [1.29, 1.82) is 0 Å². The minimum atomic E-state index is -0.587. The molecule has 0 amide bonds. The van der Waals surface area contributed by atoms with Crippen molar-refractivity contribution >= 4 is 15.9 Å². The molecule has 0 aliphatic rings. The summed E-state index contributed by atoms with van der Waals surface area (Å²) in [4.78, 5) is 0. The van der Waals surface area contributed by atoms with Crippen LogP contribution in [-0.4, -0.2) is 5.11 Å². The molecule has 2 aromatic carbocycles. The van der Waals surface area contributed by atoms with Gasteiger partial charge in [-0.25, -0.2) is 4.39 Å². The van der Waals surface area contributed by atoms with Gasteiger partial charge in [-0.3, -0.25) is 0 Å². The lowest BCUT2D eigenvalue weighted by Crippen LogP contribution is -2.05. The lowest BCUT2D eigenvalue weighted by Gasteiger charge is -2.17. The van der Waals surface area contributed by atoms with Gasteiger partial charge in [0.25, 0.3) is 0 Å². The third-order valence-corrected chi connectivity index (χ3v) is 4.41. The first-order valence-corrected chi connectivity index (χ1v) is 7.37. The van der Waals surface area contributed by atoms with Gasteiger partial charge in [0.05, 0.1) is 6.10 Å². The second kappa shape index (κ2) is 6.06. The van der Waals surface area contributed by atoms with Crippen LogP contribution in [0.1, 0.15) is 33.9 Å². The summed E-state index contributed by atoms with van der Waals surface area (Å²) in [7, 11) is 0. The van der Waals surface area contributed by atoms with E-state index >= 15 is 0 Å². The van der Waals surface area contributed by atoms with Gasteiger partial charge < -0.3 is 5.11 Å². The van der Waals surface area contributed by atoms with Crippen LogP contribution in [0.4, 0.5) is 4.39 Å². The molecule has 0 aliphatic carbocycles. The Morgan fingerprint density at radius 3 is 2.35 bits per heavy atom. The molecule has 0 bridgehead atoms. The second-order valence-corrected chi connectivity index (χ2v) is 6.10. The molecule has 1 nitrogen and oxygen atoms in total. The molecule has 0 fully saturated rings. The number of aliphatic hydroxyl groups excluding tert-OH is 1. The molecule has 0 aliphatic heterocycles. The van der Waals surface area contributed by atoms with Gasteiger partial charge in [0.2, 0.25) is 0 Å². The van der Waals surface area contributed by atoms with Crippen molar-refractivity contribution in [2.45, 2.75) is 33.3 Å². The topological polar surface area (TPSA) is 20.2 Å². The van der Waals surface area contributed by atoms with Crippen LogP contribution >= 0.6 is 15.9 Å². The van der Waals surface area contributed by atoms with E-state index in [1.807, 2.05) is 19.9 Å². The minimum absolute atomic E-state index is 0.280. The maximum Gasteiger partial charge on any atom is 0.124 e. The van der Waals surface area contributed by atoms with Crippen molar-refractivity contribution in [3.8, 4) is 0 Å². The fourth-order valence-corrected chi connectivity index (χ4v) is 2.86. The van der Waals surface area contributed by atoms with Crippen LogP contribution in [0.3, 0.4) is 0 Å². The average molecular weight is 337 g/mol. The molecule has 0 spiro atoms. The Morgan fingerprint density at radius 2 is 1.70 bits per heavy atom. The van der Waals surface area contributed by atoms with E-state index in [-0.39, 0.29) is 5.82 Å². The lowest BCUT2D eigenvalue weighted by molar-refractivity contribution is 0.177. The number of hydrogen-bond acceptors (Lipinski definition) is 1. The molecule has 0 radical (unpaired) electrons. The van der Waals surface area contributed by atoms with E-state index in [1.54, 1.807) is 6.07 Å². The van der Waals surface area contributed by atoms with E-state index in [2.05, 4.69) is 28.9 Å². The van der Waals surface area contributed by atoms with Crippen LogP contribution in [0.15, 0.2) is 34.8 Å². The molecule has 3 heteroatoms. The van der Waals surface area contributed by atoms with Gasteiger partial charge in [0.1, 0.15) is 5.82 Å². The largest absolute Gasteiger partial charge is 0.388 e. The molecule has 0 saturated heterocycles. The lowest BCUT2D eigenvalue weighted by atomic mass is 9.94. The molecule has 1 atom stereocenters. The number of hydrogen-bond donors (Lipinski definition) is 1. The number of benzene rings is 2. The van der Waals surface area contributed by atoms with Crippen molar-refractivity contribution in [1.82, 2.24) is 0 Å². The van der Waals surface area contributed by atoms with E-state index < -0.39 is 6.10 Å². The molecule has 2 rings (SSSR count). The molecule has 2 aromatic rings. The predicted octanol–water partition coefficient (Wildman–Crippen LogP) is 4.79. The van der Waals surface area contributed by atoms with Crippen molar-refractivity contribution in [3.63, 3.8) is 0 Å². The van der Waals surface area contributed by atoms with E-state index in [0.717, 1.165) is 16.7 Å². The monoisotopic (exact) mass is 336 g/mol. The minimum Gasteiger partial charge on any atom is -0.388 e. The van der Waals surface area contributed by atoms with Crippen LogP contribution in [-0.2, 0) is 6.42 Å². The second-order valence-electron chi connectivity index (χ2n) is 5.25. The molecule has 1 unspecified atom stereocenters. The van der Waals surface area contributed by atoms with Gasteiger partial charge in [0, 0.05) is 10.9 Å². The third kappa shape index (κ3) is 3.28. The Kier molecular flexibility index (Phi) is 4.61. The van der Waals surface area contributed by atoms with Crippen molar-refractivity contribution in [3.05, 3.63) is 68.4 Å². The van der Waals surface area contributed by atoms with Crippen molar-refractivity contribution in [2.24, 2.45) is 0 Å². The molecular formula is C17H18BrFO. The highest BCUT2D eigenvalue weighted by Gasteiger charge is 2.14. The third-order valence-electron chi connectivity index (χ3n) is 3.67. The van der Waals surface area contributed by atoms with E-state index in [1.165, 1.54) is 23.3 Å². The Hall–Kier alpha value is -1.19. The molecule has 0 saturated carbocycles. The average Bonchev–Trinajstić information content (AvgIpc) is 2.37. The number of aryl methyl sites for hydroxylation is 3. The van der Waals surface area contributed by atoms with Gasteiger partial charge in [-0.15, -0.1) is 0 Å². The fourth-order valence-electron chi connectivity index (χ4n) is 2.35. The highest BCUT2D eigenvalue weighted by molar-refractivity contribution is 9.10. The molecule has 0 aromatic heterocycles. The van der Waals surface area contributed by atoms with Gasteiger partial charge >= 0.3 is 0 Å². The SMILES string of the molecule is Cc1cc(C)c(C(O)Cc2ccc(F)cc2Br)cc1C. The zero-order valence-corrected chi connectivity index (χ0v) is 13.5. The van der Waals surface area contributed by atoms with Crippen LogP contribution in [0.25, 0.3) is 0 Å². The summed E-state index contributed by atoms with van der Waals surface area (Å²) in [5, 5.41) is 10.4. The van der Waals surface area contributed by atoms with Crippen molar-refractivity contribution in [2.75, 3.05) is 0 Å². The van der Waals surface area contributed by atoms with Crippen LogP contribution < -0.4 is 0 Å². The molecule has 1 N–H and O–H groups in total. The standard InChI is InChI=1S/C17H18BrFO/c1-10-6-12(3)15(7-11(10)2)17(20)8-13-4-5-14(19)9-16(13)18/h4-7,9,17,20H,8H2,1-3H3. The number of rotatable bonds is 3. The maximum atomic E-state index is 13.1. The summed E-state index contributed by atoms with van der Waals surface area (Å²) >= 11 is 3.34. The highest BCUT2D eigenvalue weighted by atomic mass is 79.9. The normalized spacial score (nSPS) is 12.5. The van der Waals surface area contributed by atoms with E-state index in [9.17, 15) is 9.50 Å². The molecule has 0 heterocycles. The Bertz CT molecular complexity index is 637. The first kappa shape index (κ1) is 15.2. The van der Waals surface area contributed by atoms with Crippen LogP contribution in [0.2, 0.25) is 0 Å². The summed E-state index contributed by atoms with van der Waals surface area (Å²) in [6.45, 7) is 6.11. The maximum absolute atomic E-state index is 13.1. The number of aliphatic hydroxyl groups is 1. The smallest absolute Gasteiger partial charge is 0.124 e. The van der Waals surface area contributed by atoms with Crippen LogP contribution in [0.5, 0.6) is 0 Å². The first-order chi connectivity index (χ1) is 9.38. The Labute approximate surface area is 127 Å². The fraction of sp³-hybridized carbons (Fsp3) is 0.294. The highest BCUT2D eigenvalue weighted by Crippen LogP contribution is 2.27. The van der Waals surface area contributed by atoms with E-state index in [4.69, 9.17) is 0 Å². The molecule has 20 heavy (non-hydrogen) atoms.